The molecular formula is C24H16O4. The zero-order chi connectivity index (χ0) is 19.7. The first-order chi connectivity index (χ1) is 13.6. The van der Waals surface area contributed by atoms with Crippen molar-refractivity contribution in [1.82, 2.24) is 0 Å². The second-order valence-corrected chi connectivity index (χ2v) is 6.38. The van der Waals surface area contributed by atoms with Crippen molar-refractivity contribution in [1.29, 1.82) is 0 Å². The Morgan fingerprint density at radius 3 is 1.18 bits per heavy atom. The normalized spacial score (nSPS) is 10.7. The average molecular weight is 368 g/mol. The number of rotatable bonds is 4. The van der Waals surface area contributed by atoms with Crippen LogP contribution in [0, 0.1) is 0 Å². The van der Waals surface area contributed by atoms with Crippen molar-refractivity contribution in [3.8, 4) is 11.5 Å². The van der Waals surface area contributed by atoms with E-state index in [9.17, 15) is 19.8 Å². The fourth-order valence-corrected chi connectivity index (χ4v) is 3.31. The van der Waals surface area contributed by atoms with Crippen LogP contribution in [0.1, 0.15) is 31.8 Å². The highest BCUT2D eigenvalue weighted by Crippen LogP contribution is 2.41. The maximum atomic E-state index is 13.2. The van der Waals surface area contributed by atoms with Gasteiger partial charge in [0.15, 0.2) is 11.6 Å². The minimum Gasteiger partial charge on any atom is -0.506 e. The molecule has 0 aromatic heterocycles. The maximum Gasteiger partial charge on any atom is 0.197 e. The molecule has 0 unspecified atom stereocenters. The number of carbonyl (C=O) groups excluding carboxylic acids is 2. The van der Waals surface area contributed by atoms with Gasteiger partial charge in [-0.15, -0.1) is 0 Å². The van der Waals surface area contributed by atoms with Gasteiger partial charge < -0.3 is 10.2 Å². The van der Waals surface area contributed by atoms with E-state index in [1.807, 2.05) is 0 Å². The number of fused-ring (bicyclic) bond motifs is 1. The van der Waals surface area contributed by atoms with Crippen LogP contribution in [0.2, 0.25) is 0 Å². The summed E-state index contributed by atoms with van der Waals surface area (Å²) in [5.41, 5.74) is 0.233. The van der Waals surface area contributed by atoms with E-state index in [-0.39, 0.29) is 22.6 Å². The van der Waals surface area contributed by atoms with Crippen molar-refractivity contribution in [2.75, 3.05) is 0 Å². The van der Waals surface area contributed by atoms with E-state index in [1.165, 1.54) is 0 Å². The van der Waals surface area contributed by atoms with Gasteiger partial charge in [0, 0.05) is 21.9 Å². The molecular weight excluding hydrogens is 352 g/mol. The van der Waals surface area contributed by atoms with Crippen LogP contribution in [-0.4, -0.2) is 21.8 Å². The SMILES string of the molecule is O=C(c1ccccc1)c1c(C(=O)c2ccccc2)c(O)c2ccccc2c1O. The minimum absolute atomic E-state index is 0.198. The molecule has 0 aliphatic carbocycles. The number of phenols is 2. The van der Waals surface area contributed by atoms with Crippen LogP contribution < -0.4 is 0 Å². The predicted octanol–water partition coefficient (Wildman–Crippen LogP) is 4.71. The number of aromatic hydroxyl groups is 2. The van der Waals surface area contributed by atoms with Gasteiger partial charge in [0.2, 0.25) is 0 Å². The Bertz CT molecular complexity index is 1100. The molecule has 0 saturated carbocycles. The Balaban J connectivity index is 2.06. The molecule has 28 heavy (non-hydrogen) atoms. The molecule has 0 atom stereocenters. The molecule has 0 aliphatic rings. The number of carbonyl (C=O) groups is 2. The van der Waals surface area contributed by atoms with Crippen molar-refractivity contribution < 1.29 is 19.8 Å². The average Bonchev–Trinajstić information content (AvgIpc) is 2.76. The first-order valence-corrected chi connectivity index (χ1v) is 8.75. The molecule has 136 valence electrons. The van der Waals surface area contributed by atoms with Crippen LogP contribution >= 0.6 is 0 Å². The maximum absolute atomic E-state index is 13.2. The Morgan fingerprint density at radius 2 is 0.821 bits per heavy atom. The lowest BCUT2D eigenvalue weighted by Crippen LogP contribution is -2.12. The molecule has 0 aliphatic heterocycles. The number of ketones is 2. The summed E-state index contributed by atoms with van der Waals surface area (Å²) in [5, 5.41) is 22.4. The lowest BCUT2D eigenvalue weighted by molar-refractivity contribution is 0.0999. The smallest absolute Gasteiger partial charge is 0.197 e. The van der Waals surface area contributed by atoms with Crippen LogP contribution in [0.25, 0.3) is 10.8 Å². The van der Waals surface area contributed by atoms with Crippen LogP contribution in [-0.2, 0) is 0 Å². The number of benzene rings is 4. The van der Waals surface area contributed by atoms with Crippen LogP contribution in [0.4, 0.5) is 0 Å². The molecule has 4 rings (SSSR count). The van der Waals surface area contributed by atoms with Gasteiger partial charge >= 0.3 is 0 Å². The second-order valence-electron chi connectivity index (χ2n) is 6.38. The molecule has 0 amide bonds. The van der Waals surface area contributed by atoms with E-state index in [0.29, 0.717) is 21.9 Å². The summed E-state index contributed by atoms with van der Waals surface area (Å²) in [4.78, 5) is 26.4. The quantitative estimate of drug-likeness (QED) is 0.404. The first kappa shape index (κ1) is 17.5. The fourth-order valence-electron chi connectivity index (χ4n) is 3.31. The lowest BCUT2D eigenvalue weighted by Gasteiger charge is -2.15. The number of phenolic OH excluding ortho intramolecular Hbond substituents is 2. The molecule has 0 bridgehead atoms. The number of hydrogen-bond acceptors (Lipinski definition) is 4. The third kappa shape index (κ3) is 2.81. The predicted molar refractivity (Wildman–Crippen MR) is 107 cm³/mol. The van der Waals surface area contributed by atoms with E-state index in [4.69, 9.17) is 0 Å². The summed E-state index contributed by atoms with van der Waals surface area (Å²) in [7, 11) is 0. The third-order valence-corrected chi connectivity index (χ3v) is 4.69. The summed E-state index contributed by atoms with van der Waals surface area (Å²) in [6, 6.07) is 23.3. The molecule has 4 aromatic rings. The van der Waals surface area contributed by atoms with Crippen molar-refractivity contribution in [3.63, 3.8) is 0 Å². The van der Waals surface area contributed by atoms with Gasteiger partial charge in [0.25, 0.3) is 0 Å². The molecule has 2 N–H and O–H groups in total. The van der Waals surface area contributed by atoms with Crippen molar-refractivity contribution >= 4 is 22.3 Å². The molecule has 0 spiro atoms. The van der Waals surface area contributed by atoms with Gasteiger partial charge in [-0.1, -0.05) is 84.9 Å². The monoisotopic (exact) mass is 368 g/mol. The van der Waals surface area contributed by atoms with Gasteiger partial charge in [-0.25, -0.2) is 0 Å². The summed E-state index contributed by atoms with van der Waals surface area (Å²) in [6.45, 7) is 0. The Morgan fingerprint density at radius 1 is 0.500 bits per heavy atom. The van der Waals surface area contributed by atoms with Crippen LogP contribution in [0.15, 0.2) is 84.9 Å². The van der Waals surface area contributed by atoms with Gasteiger partial charge in [0.1, 0.15) is 11.5 Å². The summed E-state index contributed by atoms with van der Waals surface area (Å²) in [6.07, 6.45) is 0. The lowest BCUT2D eigenvalue weighted by atomic mass is 9.88. The molecule has 0 saturated heterocycles. The van der Waals surface area contributed by atoms with Crippen LogP contribution in [0.5, 0.6) is 11.5 Å². The molecule has 4 aromatic carbocycles. The van der Waals surface area contributed by atoms with Gasteiger partial charge in [-0.2, -0.15) is 0 Å². The highest BCUT2D eigenvalue weighted by Gasteiger charge is 2.29. The molecule has 0 radical (unpaired) electrons. The summed E-state index contributed by atoms with van der Waals surface area (Å²) < 4.78 is 0. The van der Waals surface area contributed by atoms with E-state index >= 15 is 0 Å². The summed E-state index contributed by atoms with van der Waals surface area (Å²) in [5.74, 6) is -1.69. The Kier molecular flexibility index (Phi) is 4.38. The van der Waals surface area contributed by atoms with E-state index in [0.717, 1.165) is 0 Å². The topological polar surface area (TPSA) is 74.6 Å². The zero-order valence-corrected chi connectivity index (χ0v) is 14.8. The highest BCUT2D eigenvalue weighted by molar-refractivity contribution is 6.25. The highest BCUT2D eigenvalue weighted by atomic mass is 16.3. The molecule has 4 nitrogen and oxygen atoms in total. The summed E-state index contributed by atoms with van der Waals surface area (Å²) >= 11 is 0. The fraction of sp³-hybridized carbons (Fsp3) is 0. The minimum atomic E-state index is -0.529. The molecule has 4 heteroatoms. The van der Waals surface area contributed by atoms with Crippen molar-refractivity contribution in [2.24, 2.45) is 0 Å². The Labute approximate surface area is 161 Å². The Hall–Kier alpha value is -3.92. The van der Waals surface area contributed by atoms with Crippen molar-refractivity contribution in [2.45, 2.75) is 0 Å². The van der Waals surface area contributed by atoms with Gasteiger partial charge in [-0.3, -0.25) is 9.59 Å². The van der Waals surface area contributed by atoms with Gasteiger partial charge in [0.05, 0.1) is 11.1 Å². The number of hydrogen-bond donors (Lipinski definition) is 2. The first-order valence-electron chi connectivity index (χ1n) is 8.75. The van der Waals surface area contributed by atoms with Gasteiger partial charge in [-0.05, 0) is 0 Å². The van der Waals surface area contributed by atoms with Crippen LogP contribution in [0.3, 0.4) is 0 Å². The molecule has 0 fully saturated rings. The second kappa shape index (κ2) is 7.00. The zero-order valence-electron chi connectivity index (χ0n) is 14.8. The van der Waals surface area contributed by atoms with E-state index < -0.39 is 11.6 Å². The third-order valence-electron chi connectivity index (χ3n) is 4.69. The standard InChI is InChI=1S/C24H16O4/c25-21(15-9-3-1-4-10-15)19-20(22(26)16-11-5-2-6-12-16)24(28)18-14-8-7-13-17(18)23(19)27/h1-14,27-28H. The van der Waals surface area contributed by atoms with E-state index in [2.05, 4.69) is 0 Å². The van der Waals surface area contributed by atoms with E-state index in [1.54, 1.807) is 84.9 Å². The largest absolute Gasteiger partial charge is 0.506 e. The van der Waals surface area contributed by atoms with Crippen molar-refractivity contribution in [3.05, 3.63) is 107 Å². The molecule has 0 heterocycles.